The van der Waals surface area contributed by atoms with Crippen LogP contribution in [-0.2, 0) is 20.7 Å². The summed E-state index contributed by atoms with van der Waals surface area (Å²) in [4.78, 5) is 36.6. The van der Waals surface area contributed by atoms with Crippen molar-refractivity contribution in [1.29, 1.82) is 0 Å². The lowest BCUT2D eigenvalue weighted by Crippen LogP contribution is -2.55. The molecule has 2 aliphatic heterocycles. The molecule has 24 heavy (non-hydrogen) atoms. The van der Waals surface area contributed by atoms with Crippen LogP contribution in [0.1, 0.15) is 37.8 Å². The van der Waals surface area contributed by atoms with Gasteiger partial charge in [0.2, 0.25) is 0 Å². The summed E-state index contributed by atoms with van der Waals surface area (Å²) >= 11 is 0. The number of fused-ring (bicyclic) bond motifs is 2. The largest absolute Gasteiger partial charge is 0.481 e. The monoisotopic (exact) mass is 324 g/mol. The van der Waals surface area contributed by atoms with E-state index in [4.69, 9.17) is 9.47 Å². The summed E-state index contributed by atoms with van der Waals surface area (Å²) in [6.45, 7) is 0. The Labute approximate surface area is 136 Å². The normalized spacial score (nSPS) is 24.6. The number of carboxylic acid groups (broad SMARTS) is 1. The fourth-order valence-corrected chi connectivity index (χ4v) is 3.37. The number of hydrogen-bond donors (Lipinski definition) is 1. The van der Waals surface area contributed by atoms with Crippen molar-refractivity contribution >= 4 is 17.9 Å². The highest BCUT2D eigenvalue weighted by molar-refractivity contribution is 5.98. The zero-order valence-corrected chi connectivity index (χ0v) is 12.4. The van der Waals surface area contributed by atoms with Crippen molar-refractivity contribution in [2.24, 2.45) is 0 Å². The summed E-state index contributed by atoms with van der Waals surface area (Å²) in [6.07, 6.45) is -0.00798. The smallest absolute Gasteiger partial charge is 0.341 e. The van der Waals surface area contributed by atoms with Crippen LogP contribution in [0.15, 0.2) is 48.5 Å². The van der Waals surface area contributed by atoms with Crippen molar-refractivity contribution in [3.63, 3.8) is 0 Å². The molecule has 2 aromatic carbocycles. The van der Waals surface area contributed by atoms with Gasteiger partial charge in [0.1, 0.15) is 0 Å². The van der Waals surface area contributed by atoms with Gasteiger partial charge in [-0.05, 0) is 23.3 Å². The molecular weight excluding hydrogens is 312 g/mol. The van der Waals surface area contributed by atoms with Gasteiger partial charge in [-0.25, -0.2) is 9.59 Å². The number of carboxylic acids is 1. The maximum absolute atomic E-state index is 12.3. The summed E-state index contributed by atoms with van der Waals surface area (Å²) in [6, 6.07) is 13.0. The van der Waals surface area contributed by atoms with E-state index in [0.717, 1.165) is 0 Å². The zero-order valence-electron chi connectivity index (χ0n) is 12.4. The Balaban J connectivity index is 1.91. The van der Waals surface area contributed by atoms with E-state index in [1.807, 2.05) is 0 Å². The van der Waals surface area contributed by atoms with E-state index in [9.17, 15) is 19.5 Å². The molecule has 6 heteroatoms. The third-order valence-electron chi connectivity index (χ3n) is 4.38. The second kappa shape index (κ2) is 4.92. The number of benzene rings is 2. The van der Waals surface area contributed by atoms with Gasteiger partial charge >= 0.3 is 17.9 Å². The molecule has 2 heterocycles. The fourth-order valence-electron chi connectivity index (χ4n) is 3.37. The maximum Gasteiger partial charge on any atom is 0.341 e. The van der Waals surface area contributed by atoms with Crippen molar-refractivity contribution in [2.75, 3.05) is 0 Å². The van der Waals surface area contributed by atoms with E-state index in [0.29, 0.717) is 11.1 Å². The van der Waals surface area contributed by atoms with Crippen LogP contribution in [-0.4, -0.2) is 28.8 Å². The summed E-state index contributed by atoms with van der Waals surface area (Å²) in [5.74, 6) is -5.78. The van der Waals surface area contributed by atoms with Crippen LogP contribution in [0.3, 0.4) is 0 Å². The van der Waals surface area contributed by atoms with E-state index < -0.39 is 29.6 Å². The van der Waals surface area contributed by atoms with Crippen molar-refractivity contribution in [3.05, 3.63) is 70.8 Å². The molecule has 120 valence electrons. The van der Waals surface area contributed by atoms with Gasteiger partial charge in [0.15, 0.2) is 5.92 Å². The number of aliphatic carboxylic acids is 1. The molecule has 0 radical (unpaired) electrons. The lowest BCUT2D eigenvalue weighted by atomic mass is 9.80. The molecule has 2 aromatic rings. The minimum absolute atomic E-state index is 0.00798. The Morgan fingerprint density at radius 3 is 2.25 bits per heavy atom. The molecule has 0 fully saturated rings. The molecule has 1 N–H and O–H groups in total. The zero-order chi connectivity index (χ0) is 16.9. The van der Waals surface area contributed by atoms with E-state index in [2.05, 4.69) is 0 Å². The molecule has 0 unspecified atom stereocenters. The number of esters is 2. The van der Waals surface area contributed by atoms with Gasteiger partial charge in [0, 0.05) is 0 Å². The Kier molecular flexibility index (Phi) is 2.96. The molecule has 0 saturated heterocycles. The lowest BCUT2D eigenvalue weighted by Gasteiger charge is -2.43. The highest BCUT2D eigenvalue weighted by atomic mass is 16.7. The summed E-state index contributed by atoms with van der Waals surface area (Å²) < 4.78 is 10.8. The minimum Gasteiger partial charge on any atom is -0.481 e. The van der Waals surface area contributed by atoms with Crippen molar-refractivity contribution < 1.29 is 29.0 Å². The first kappa shape index (κ1) is 14.4. The predicted molar refractivity (Wildman–Crippen MR) is 80.5 cm³/mol. The van der Waals surface area contributed by atoms with Crippen LogP contribution in [0.5, 0.6) is 0 Å². The molecule has 0 saturated carbocycles. The number of carbonyl (C=O) groups excluding carboxylic acids is 2. The van der Waals surface area contributed by atoms with Crippen LogP contribution in [0.2, 0.25) is 0 Å². The highest BCUT2D eigenvalue weighted by Gasteiger charge is 2.57. The molecular formula is C18H12O6. The molecule has 0 amide bonds. The van der Waals surface area contributed by atoms with Crippen LogP contribution in [0.25, 0.3) is 0 Å². The first-order valence-corrected chi connectivity index (χ1v) is 7.38. The van der Waals surface area contributed by atoms with Gasteiger partial charge in [-0.3, -0.25) is 4.79 Å². The van der Waals surface area contributed by atoms with Gasteiger partial charge in [-0.2, -0.15) is 0 Å². The van der Waals surface area contributed by atoms with Gasteiger partial charge in [-0.15, -0.1) is 0 Å². The van der Waals surface area contributed by atoms with Gasteiger partial charge in [0.25, 0.3) is 5.79 Å². The number of ether oxygens (including phenoxy) is 2. The van der Waals surface area contributed by atoms with E-state index in [1.54, 1.807) is 42.5 Å². The van der Waals surface area contributed by atoms with Crippen LogP contribution >= 0.6 is 0 Å². The Morgan fingerprint density at radius 1 is 0.958 bits per heavy atom. The third kappa shape index (κ3) is 1.93. The molecule has 0 aromatic heterocycles. The molecule has 4 rings (SSSR count). The molecule has 2 atom stereocenters. The van der Waals surface area contributed by atoms with Crippen LogP contribution < -0.4 is 0 Å². The second-order valence-electron chi connectivity index (χ2n) is 5.78. The standard InChI is InChI=1S/C18H12O6/c19-15(20)14-12-7-3-4-8-13(12)17(22)24-18(14)9-10-5-1-2-6-11(10)16(21)23-18/h1-8,14H,9H2,(H,19,20)/t14-,18+/m1/s1. The van der Waals surface area contributed by atoms with Crippen molar-refractivity contribution in [1.82, 2.24) is 0 Å². The average molecular weight is 324 g/mol. The predicted octanol–water partition coefficient (Wildman–Crippen LogP) is 2.13. The Bertz CT molecular complexity index is 883. The average Bonchev–Trinajstić information content (AvgIpc) is 2.54. The first-order valence-electron chi connectivity index (χ1n) is 7.38. The third-order valence-corrected chi connectivity index (χ3v) is 4.38. The lowest BCUT2D eigenvalue weighted by molar-refractivity contribution is -0.201. The van der Waals surface area contributed by atoms with E-state index in [-0.39, 0.29) is 17.5 Å². The van der Waals surface area contributed by atoms with Gasteiger partial charge in [-0.1, -0.05) is 36.4 Å². The molecule has 6 nitrogen and oxygen atoms in total. The van der Waals surface area contributed by atoms with E-state index >= 15 is 0 Å². The molecule has 0 aliphatic carbocycles. The molecule has 0 bridgehead atoms. The van der Waals surface area contributed by atoms with Crippen LogP contribution in [0, 0.1) is 0 Å². The van der Waals surface area contributed by atoms with Crippen LogP contribution in [0.4, 0.5) is 0 Å². The number of hydrogen-bond acceptors (Lipinski definition) is 5. The highest BCUT2D eigenvalue weighted by Crippen LogP contribution is 2.45. The quantitative estimate of drug-likeness (QED) is 0.808. The van der Waals surface area contributed by atoms with Crippen molar-refractivity contribution in [3.8, 4) is 0 Å². The fraction of sp³-hybridized carbons (Fsp3) is 0.167. The van der Waals surface area contributed by atoms with Gasteiger partial charge in [0.05, 0.1) is 17.5 Å². The first-order chi connectivity index (χ1) is 11.5. The molecule has 2 aliphatic rings. The minimum atomic E-state index is -1.87. The van der Waals surface area contributed by atoms with Crippen molar-refractivity contribution in [2.45, 2.75) is 18.1 Å². The SMILES string of the molecule is O=C1O[C@@]2(Cc3ccccc31)OC(=O)c1ccccc1[C@@H]2C(=O)O. The topological polar surface area (TPSA) is 89.9 Å². The molecule has 1 spiro atoms. The number of rotatable bonds is 1. The van der Waals surface area contributed by atoms with E-state index in [1.165, 1.54) is 6.07 Å². The second-order valence-corrected chi connectivity index (χ2v) is 5.78. The summed E-state index contributed by atoms with van der Waals surface area (Å²) in [5, 5.41) is 9.74. The summed E-state index contributed by atoms with van der Waals surface area (Å²) in [5.41, 5.74) is 1.40. The summed E-state index contributed by atoms with van der Waals surface area (Å²) in [7, 11) is 0. The van der Waals surface area contributed by atoms with Gasteiger partial charge < -0.3 is 14.6 Å². The number of carbonyl (C=O) groups is 3. The maximum atomic E-state index is 12.3. The Hall–Kier alpha value is -3.15. The Morgan fingerprint density at radius 2 is 1.54 bits per heavy atom.